The molecule has 1 aliphatic heterocycles. The molecule has 33 heavy (non-hydrogen) atoms. The molecule has 2 heterocycles. The minimum Gasteiger partial charge on any atom is -0.507 e. The van der Waals surface area contributed by atoms with E-state index >= 15 is 0 Å². The third-order valence-electron chi connectivity index (χ3n) is 5.48. The van der Waals surface area contributed by atoms with Gasteiger partial charge in [-0.3, -0.25) is 14.5 Å². The number of Topliss-reactive ketones (excluding diaryl/α,β-unsaturated/α-hetero) is 1. The lowest BCUT2D eigenvalue weighted by Crippen LogP contribution is -2.30. The average molecular weight is 511 g/mol. The summed E-state index contributed by atoms with van der Waals surface area (Å²) in [6.45, 7) is 5.87. The van der Waals surface area contributed by atoms with Crippen LogP contribution >= 0.6 is 15.9 Å². The van der Waals surface area contributed by atoms with Crippen molar-refractivity contribution in [3.63, 3.8) is 0 Å². The molecule has 170 valence electrons. The van der Waals surface area contributed by atoms with Crippen LogP contribution in [0.4, 0.5) is 5.82 Å². The molecule has 1 fully saturated rings. The number of ether oxygens (including phenoxy) is 1. The van der Waals surface area contributed by atoms with Gasteiger partial charge in [-0.2, -0.15) is 0 Å². The highest BCUT2D eigenvalue weighted by atomic mass is 79.9. The van der Waals surface area contributed by atoms with E-state index in [1.54, 1.807) is 54.6 Å². The number of benzene rings is 2. The summed E-state index contributed by atoms with van der Waals surface area (Å²) >= 11 is 3.36. The van der Waals surface area contributed by atoms with Gasteiger partial charge in [0.1, 0.15) is 23.3 Å². The molecule has 8 heteroatoms. The van der Waals surface area contributed by atoms with Gasteiger partial charge >= 0.3 is 5.91 Å². The number of aliphatic hydroxyl groups is 1. The Kier molecular flexibility index (Phi) is 5.88. The van der Waals surface area contributed by atoms with Gasteiger partial charge in [-0.05, 0) is 18.2 Å². The van der Waals surface area contributed by atoms with E-state index < -0.39 is 17.7 Å². The van der Waals surface area contributed by atoms with E-state index in [1.807, 2.05) is 20.8 Å². The average Bonchev–Trinajstić information content (AvgIpc) is 3.37. The van der Waals surface area contributed by atoms with Crippen LogP contribution in [0.2, 0.25) is 0 Å². The molecule has 1 saturated heterocycles. The minimum atomic E-state index is -0.956. The fourth-order valence-electron chi connectivity index (χ4n) is 3.75. The number of methoxy groups -OCH3 is 1. The first-order valence-corrected chi connectivity index (χ1v) is 11.1. The first-order valence-electron chi connectivity index (χ1n) is 10.3. The van der Waals surface area contributed by atoms with Gasteiger partial charge < -0.3 is 14.4 Å². The molecule has 4 rings (SSSR count). The largest absolute Gasteiger partial charge is 0.507 e. The van der Waals surface area contributed by atoms with Crippen molar-refractivity contribution in [2.24, 2.45) is 0 Å². The molecule has 7 nitrogen and oxygen atoms in total. The van der Waals surface area contributed by atoms with Crippen LogP contribution in [0.15, 0.2) is 69.2 Å². The van der Waals surface area contributed by atoms with Crippen molar-refractivity contribution < 1.29 is 24.0 Å². The standard InChI is InChI=1S/C25H23BrN2O5/c1-25(2,3)18-13-19(27-33-18)28-21(16-7-5-6-8-17(16)32-4)20(23(30)24(28)31)22(29)14-9-11-15(26)12-10-14/h5-13,21,29H,1-4H3. The third kappa shape index (κ3) is 4.06. The minimum absolute atomic E-state index is 0.0490. The number of aromatic nitrogens is 1. The highest BCUT2D eigenvalue weighted by molar-refractivity contribution is 9.10. The zero-order valence-electron chi connectivity index (χ0n) is 18.6. The molecule has 3 aromatic rings. The molecule has 0 aliphatic carbocycles. The Morgan fingerprint density at radius 2 is 1.79 bits per heavy atom. The predicted molar refractivity (Wildman–Crippen MR) is 127 cm³/mol. The molecular weight excluding hydrogens is 488 g/mol. The second-order valence-corrected chi connectivity index (χ2v) is 9.63. The lowest BCUT2D eigenvalue weighted by Gasteiger charge is -2.24. The fraction of sp³-hybridized carbons (Fsp3) is 0.240. The van der Waals surface area contributed by atoms with Gasteiger partial charge in [-0.25, -0.2) is 0 Å². The van der Waals surface area contributed by atoms with E-state index in [0.29, 0.717) is 22.6 Å². The lowest BCUT2D eigenvalue weighted by molar-refractivity contribution is -0.132. The monoisotopic (exact) mass is 510 g/mol. The van der Waals surface area contributed by atoms with Crippen LogP contribution in [0.5, 0.6) is 5.75 Å². The van der Waals surface area contributed by atoms with Gasteiger partial charge in [0.2, 0.25) is 0 Å². The Labute approximate surface area is 199 Å². The van der Waals surface area contributed by atoms with Crippen LogP contribution in [0.25, 0.3) is 5.76 Å². The van der Waals surface area contributed by atoms with Crippen molar-refractivity contribution in [1.82, 2.24) is 5.16 Å². The van der Waals surface area contributed by atoms with Gasteiger partial charge in [-0.15, -0.1) is 0 Å². The zero-order chi connectivity index (χ0) is 23.9. The van der Waals surface area contributed by atoms with E-state index in [0.717, 1.165) is 4.47 Å². The molecule has 1 N–H and O–H groups in total. The van der Waals surface area contributed by atoms with E-state index in [9.17, 15) is 14.7 Å². The number of hydrogen-bond donors (Lipinski definition) is 1. The number of anilines is 1. The number of carbonyl (C=O) groups excluding carboxylic acids is 2. The van der Waals surface area contributed by atoms with Crippen molar-refractivity contribution in [2.75, 3.05) is 12.0 Å². The molecule has 0 radical (unpaired) electrons. The molecule has 0 spiro atoms. The number of hydrogen-bond acceptors (Lipinski definition) is 6. The third-order valence-corrected chi connectivity index (χ3v) is 6.01. The van der Waals surface area contributed by atoms with Crippen molar-refractivity contribution >= 4 is 39.2 Å². The molecule has 0 bridgehead atoms. The molecule has 1 aromatic heterocycles. The number of para-hydroxylation sites is 1. The Balaban J connectivity index is 1.96. The second-order valence-electron chi connectivity index (χ2n) is 8.72. The molecule has 0 saturated carbocycles. The summed E-state index contributed by atoms with van der Waals surface area (Å²) in [5.74, 6) is -0.682. The van der Waals surface area contributed by atoms with E-state index in [-0.39, 0.29) is 22.6 Å². The van der Waals surface area contributed by atoms with Crippen LogP contribution in [-0.4, -0.2) is 29.1 Å². The quantitative estimate of drug-likeness (QED) is 0.288. The van der Waals surface area contributed by atoms with Crippen molar-refractivity contribution in [1.29, 1.82) is 0 Å². The number of nitrogens with zero attached hydrogens (tertiary/aromatic N) is 2. The first-order chi connectivity index (χ1) is 15.6. The summed E-state index contributed by atoms with van der Waals surface area (Å²) < 4.78 is 11.8. The predicted octanol–water partition coefficient (Wildman–Crippen LogP) is 5.37. The molecule has 1 unspecified atom stereocenters. The lowest BCUT2D eigenvalue weighted by atomic mass is 9.93. The maximum Gasteiger partial charge on any atom is 0.301 e. The SMILES string of the molecule is COc1ccccc1C1C(=C(O)c2ccc(Br)cc2)C(=O)C(=O)N1c1cc(C(C)(C)C)on1. The van der Waals surface area contributed by atoms with Gasteiger partial charge in [-0.1, -0.05) is 72.2 Å². The number of halogens is 1. The van der Waals surface area contributed by atoms with Crippen LogP contribution in [0.1, 0.15) is 43.7 Å². The van der Waals surface area contributed by atoms with E-state index in [2.05, 4.69) is 21.1 Å². The van der Waals surface area contributed by atoms with Gasteiger partial charge in [0.15, 0.2) is 5.82 Å². The highest BCUT2D eigenvalue weighted by Crippen LogP contribution is 2.45. The Morgan fingerprint density at radius 3 is 2.39 bits per heavy atom. The smallest absolute Gasteiger partial charge is 0.301 e. The molecule has 1 amide bonds. The van der Waals surface area contributed by atoms with Crippen LogP contribution in [0, 0.1) is 0 Å². The van der Waals surface area contributed by atoms with E-state index in [1.165, 1.54) is 12.0 Å². The Morgan fingerprint density at radius 1 is 1.12 bits per heavy atom. The maximum absolute atomic E-state index is 13.2. The van der Waals surface area contributed by atoms with Crippen molar-refractivity contribution in [3.05, 3.63) is 81.5 Å². The Bertz CT molecular complexity index is 1250. The second kappa shape index (κ2) is 8.51. The van der Waals surface area contributed by atoms with Gasteiger partial charge in [0.25, 0.3) is 5.78 Å². The summed E-state index contributed by atoms with van der Waals surface area (Å²) in [6, 6.07) is 14.6. The van der Waals surface area contributed by atoms with Crippen LogP contribution in [-0.2, 0) is 15.0 Å². The number of carbonyl (C=O) groups is 2. The maximum atomic E-state index is 13.2. The summed E-state index contributed by atoms with van der Waals surface area (Å²) in [5.41, 5.74) is 0.549. The fourth-order valence-corrected chi connectivity index (χ4v) is 4.02. The topological polar surface area (TPSA) is 92.9 Å². The first kappa shape index (κ1) is 22.8. The zero-order valence-corrected chi connectivity index (χ0v) is 20.2. The number of rotatable bonds is 4. The summed E-state index contributed by atoms with van der Waals surface area (Å²) in [6.07, 6.45) is 0. The van der Waals surface area contributed by atoms with E-state index in [4.69, 9.17) is 9.26 Å². The normalized spacial score (nSPS) is 18.1. The van der Waals surface area contributed by atoms with Crippen molar-refractivity contribution in [3.8, 4) is 5.75 Å². The Hall–Kier alpha value is -3.39. The summed E-state index contributed by atoms with van der Waals surface area (Å²) in [5, 5.41) is 15.3. The van der Waals surface area contributed by atoms with Crippen molar-refractivity contribution in [2.45, 2.75) is 32.2 Å². The summed E-state index contributed by atoms with van der Waals surface area (Å²) in [7, 11) is 1.51. The molecular formula is C25H23BrN2O5. The van der Waals surface area contributed by atoms with Crippen LogP contribution < -0.4 is 9.64 Å². The highest BCUT2D eigenvalue weighted by Gasteiger charge is 2.49. The van der Waals surface area contributed by atoms with Gasteiger partial charge in [0.05, 0.1) is 12.7 Å². The van der Waals surface area contributed by atoms with Gasteiger partial charge in [0, 0.05) is 27.1 Å². The molecule has 2 aromatic carbocycles. The number of ketones is 1. The number of aliphatic hydroxyl groups excluding tert-OH is 1. The molecule has 1 aliphatic rings. The summed E-state index contributed by atoms with van der Waals surface area (Å²) in [4.78, 5) is 27.7. The number of amides is 1. The van der Waals surface area contributed by atoms with Crippen LogP contribution in [0.3, 0.4) is 0 Å². The molecule has 1 atom stereocenters.